The molecule has 0 aromatic heterocycles. The first kappa shape index (κ1) is 23.0. The Hall–Kier alpha value is -1.08. The molecule has 0 spiro atoms. The van der Waals surface area contributed by atoms with E-state index in [1.165, 1.54) is 6.07 Å². The van der Waals surface area contributed by atoms with Crippen LogP contribution in [0.25, 0.3) is 0 Å². The summed E-state index contributed by atoms with van der Waals surface area (Å²) < 4.78 is 14.5. The maximum absolute atomic E-state index is 14.5. The molecule has 26 heavy (non-hydrogen) atoms. The van der Waals surface area contributed by atoms with Crippen LogP contribution in [0.15, 0.2) is 18.2 Å². The van der Waals surface area contributed by atoms with Crippen LogP contribution in [0.5, 0.6) is 0 Å². The number of anilines is 1. The lowest BCUT2D eigenvalue weighted by molar-refractivity contribution is 0.0930. The molecule has 0 radical (unpaired) electrons. The van der Waals surface area contributed by atoms with Crippen LogP contribution in [-0.4, -0.2) is 62.7 Å². The Morgan fingerprint density at radius 1 is 1.27 bits per heavy atom. The van der Waals surface area contributed by atoms with Gasteiger partial charge in [-0.15, -0.1) is 24.8 Å². The number of amides is 1. The van der Waals surface area contributed by atoms with Crippen molar-refractivity contribution in [3.05, 3.63) is 29.6 Å². The van der Waals surface area contributed by atoms with E-state index >= 15 is 0 Å². The predicted molar refractivity (Wildman–Crippen MR) is 109 cm³/mol. The molecule has 0 bridgehead atoms. The number of rotatable bonds is 4. The van der Waals surface area contributed by atoms with E-state index in [2.05, 4.69) is 27.4 Å². The minimum atomic E-state index is -0.311. The Bertz CT molecular complexity index is 576. The Labute approximate surface area is 167 Å². The summed E-state index contributed by atoms with van der Waals surface area (Å²) in [6.07, 6.45) is 2.03. The van der Waals surface area contributed by atoms with Gasteiger partial charge in [0.25, 0.3) is 5.91 Å². The summed E-state index contributed by atoms with van der Waals surface area (Å²) in [5.74, 6) is -0.501. The first-order valence-electron chi connectivity index (χ1n) is 8.96. The second kappa shape index (κ2) is 10.9. The van der Waals surface area contributed by atoms with Crippen molar-refractivity contribution >= 4 is 36.4 Å². The number of hydrogen-bond donors (Lipinski definition) is 2. The number of carbonyl (C=O) groups is 1. The topological polar surface area (TPSA) is 47.6 Å². The highest BCUT2D eigenvalue weighted by molar-refractivity contribution is 5.94. The van der Waals surface area contributed by atoms with E-state index < -0.39 is 0 Å². The summed E-state index contributed by atoms with van der Waals surface area (Å²) >= 11 is 0. The van der Waals surface area contributed by atoms with Crippen LogP contribution in [0.2, 0.25) is 0 Å². The van der Waals surface area contributed by atoms with E-state index in [9.17, 15) is 9.18 Å². The number of carbonyl (C=O) groups excluding carboxylic acids is 1. The van der Waals surface area contributed by atoms with Crippen molar-refractivity contribution in [1.82, 2.24) is 15.5 Å². The molecule has 2 aliphatic rings. The molecular formula is C18H29Cl2FN4O. The summed E-state index contributed by atoms with van der Waals surface area (Å²) in [7, 11) is 0. The molecule has 3 rings (SSSR count). The van der Waals surface area contributed by atoms with Gasteiger partial charge in [-0.1, -0.05) is 6.92 Å². The van der Waals surface area contributed by atoms with Crippen LogP contribution in [0.3, 0.4) is 0 Å². The average Bonchev–Trinajstić information content (AvgIpc) is 2.62. The van der Waals surface area contributed by atoms with E-state index in [0.717, 1.165) is 58.7 Å². The molecular weight excluding hydrogens is 378 g/mol. The van der Waals surface area contributed by atoms with Crippen LogP contribution in [-0.2, 0) is 0 Å². The lowest BCUT2D eigenvalue weighted by Crippen LogP contribution is -2.46. The van der Waals surface area contributed by atoms with Gasteiger partial charge in [0.05, 0.1) is 5.69 Å². The molecule has 2 heterocycles. The van der Waals surface area contributed by atoms with Gasteiger partial charge in [-0.25, -0.2) is 4.39 Å². The van der Waals surface area contributed by atoms with Gasteiger partial charge >= 0.3 is 0 Å². The number of piperazine rings is 1. The molecule has 1 aromatic carbocycles. The highest BCUT2D eigenvalue weighted by Crippen LogP contribution is 2.22. The van der Waals surface area contributed by atoms with Crippen LogP contribution in [0.1, 0.15) is 30.1 Å². The molecule has 0 aliphatic carbocycles. The molecule has 1 aromatic rings. The third-order valence-electron chi connectivity index (χ3n) is 5.00. The zero-order valence-corrected chi connectivity index (χ0v) is 16.8. The lowest BCUT2D eigenvalue weighted by Gasteiger charge is -2.35. The van der Waals surface area contributed by atoms with Gasteiger partial charge in [-0.05, 0) is 44.1 Å². The van der Waals surface area contributed by atoms with Crippen molar-refractivity contribution < 1.29 is 9.18 Å². The Balaban J connectivity index is 0.00000169. The fourth-order valence-corrected chi connectivity index (χ4v) is 3.45. The minimum Gasteiger partial charge on any atom is -0.367 e. The number of likely N-dealkylation sites (N-methyl/N-ethyl adjacent to an activating group) is 1. The van der Waals surface area contributed by atoms with Crippen molar-refractivity contribution in [3.63, 3.8) is 0 Å². The summed E-state index contributed by atoms with van der Waals surface area (Å²) in [5.41, 5.74) is 0.996. The summed E-state index contributed by atoms with van der Waals surface area (Å²) in [4.78, 5) is 16.7. The van der Waals surface area contributed by atoms with E-state index in [0.29, 0.717) is 11.3 Å². The van der Waals surface area contributed by atoms with Gasteiger partial charge in [-0.3, -0.25) is 4.79 Å². The van der Waals surface area contributed by atoms with Gasteiger partial charge in [0, 0.05) is 44.3 Å². The van der Waals surface area contributed by atoms with Crippen LogP contribution >= 0.6 is 24.8 Å². The average molecular weight is 407 g/mol. The van der Waals surface area contributed by atoms with Crippen molar-refractivity contribution in [2.75, 3.05) is 50.7 Å². The Kier molecular flexibility index (Phi) is 9.64. The van der Waals surface area contributed by atoms with E-state index in [1.54, 1.807) is 12.1 Å². The van der Waals surface area contributed by atoms with Crippen molar-refractivity contribution in [2.45, 2.75) is 25.8 Å². The Morgan fingerprint density at radius 3 is 2.58 bits per heavy atom. The third-order valence-corrected chi connectivity index (χ3v) is 5.00. The third kappa shape index (κ3) is 5.71. The fourth-order valence-electron chi connectivity index (χ4n) is 3.45. The molecule has 2 saturated heterocycles. The number of benzene rings is 1. The van der Waals surface area contributed by atoms with E-state index in [4.69, 9.17) is 0 Å². The van der Waals surface area contributed by atoms with Gasteiger partial charge in [0.15, 0.2) is 0 Å². The van der Waals surface area contributed by atoms with Crippen LogP contribution < -0.4 is 15.5 Å². The second-order valence-electron chi connectivity index (χ2n) is 6.60. The zero-order chi connectivity index (χ0) is 16.9. The normalized spacial score (nSPS) is 20.7. The zero-order valence-electron chi connectivity index (χ0n) is 15.2. The molecule has 8 heteroatoms. The summed E-state index contributed by atoms with van der Waals surface area (Å²) in [5, 5.41) is 6.25. The van der Waals surface area contributed by atoms with Gasteiger partial charge in [0.1, 0.15) is 5.82 Å². The second-order valence-corrected chi connectivity index (χ2v) is 6.60. The van der Waals surface area contributed by atoms with Crippen molar-refractivity contribution in [3.8, 4) is 0 Å². The quantitative estimate of drug-likeness (QED) is 0.804. The fraction of sp³-hybridized carbons (Fsp3) is 0.611. The number of nitrogens with one attached hydrogen (secondary N) is 2. The predicted octanol–water partition coefficient (Wildman–Crippen LogP) is 2.29. The largest absolute Gasteiger partial charge is 0.367 e. The summed E-state index contributed by atoms with van der Waals surface area (Å²) in [6.45, 7) is 8.51. The number of piperidine rings is 1. The highest BCUT2D eigenvalue weighted by atomic mass is 35.5. The van der Waals surface area contributed by atoms with Crippen molar-refractivity contribution in [1.29, 1.82) is 0 Å². The number of halogens is 3. The molecule has 2 fully saturated rings. The molecule has 148 valence electrons. The van der Waals surface area contributed by atoms with Crippen LogP contribution in [0, 0.1) is 5.82 Å². The molecule has 1 atom stereocenters. The molecule has 0 saturated carbocycles. The molecule has 5 nitrogen and oxygen atoms in total. The molecule has 0 unspecified atom stereocenters. The molecule has 1 amide bonds. The first-order chi connectivity index (χ1) is 11.7. The maximum atomic E-state index is 14.5. The van der Waals surface area contributed by atoms with Gasteiger partial charge in [0.2, 0.25) is 0 Å². The molecule has 2 aliphatic heterocycles. The Morgan fingerprint density at radius 2 is 2.00 bits per heavy atom. The molecule has 2 N–H and O–H groups in total. The van der Waals surface area contributed by atoms with Crippen molar-refractivity contribution in [2.24, 2.45) is 0 Å². The summed E-state index contributed by atoms with van der Waals surface area (Å²) in [6, 6.07) is 4.98. The van der Waals surface area contributed by atoms with Gasteiger partial charge in [-0.2, -0.15) is 0 Å². The van der Waals surface area contributed by atoms with Crippen LogP contribution in [0.4, 0.5) is 10.1 Å². The highest BCUT2D eigenvalue weighted by Gasteiger charge is 2.21. The minimum absolute atomic E-state index is 0. The number of nitrogens with zero attached hydrogens (tertiary/aromatic N) is 2. The number of hydrogen-bond acceptors (Lipinski definition) is 4. The maximum Gasteiger partial charge on any atom is 0.251 e. The standard InChI is InChI=1S/C18H27FN4O.2ClH/c1-2-22-8-10-23(11-9-22)17-6-5-14(12-16(17)19)18(24)21-15-4-3-7-20-13-15;;/h5-6,12,15,20H,2-4,7-11,13H2,1H3,(H,21,24);2*1H/t15-;;/m0../s1. The van der Waals surface area contributed by atoms with E-state index in [1.807, 2.05) is 0 Å². The first-order valence-corrected chi connectivity index (χ1v) is 8.96. The monoisotopic (exact) mass is 406 g/mol. The smallest absolute Gasteiger partial charge is 0.251 e. The SMILES string of the molecule is CCN1CCN(c2ccc(C(=O)N[C@H]3CCCNC3)cc2F)CC1.Cl.Cl. The van der Waals surface area contributed by atoms with Gasteiger partial charge < -0.3 is 20.4 Å². The van der Waals surface area contributed by atoms with E-state index in [-0.39, 0.29) is 42.6 Å². The lowest BCUT2D eigenvalue weighted by atomic mass is 10.1.